The van der Waals surface area contributed by atoms with Crippen molar-refractivity contribution in [2.45, 2.75) is 65.6 Å². The van der Waals surface area contributed by atoms with Crippen LogP contribution in [0.15, 0.2) is 18.2 Å². The van der Waals surface area contributed by atoms with Gasteiger partial charge >= 0.3 is 0 Å². The van der Waals surface area contributed by atoms with Crippen molar-refractivity contribution >= 4 is 0 Å². The molecule has 2 atom stereocenters. The van der Waals surface area contributed by atoms with Gasteiger partial charge in [-0.1, -0.05) is 38.5 Å². The van der Waals surface area contributed by atoms with Crippen LogP contribution in [-0.4, -0.2) is 38.4 Å². The van der Waals surface area contributed by atoms with Crippen molar-refractivity contribution in [3.05, 3.63) is 29.3 Å². The molecule has 1 aromatic rings. The van der Waals surface area contributed by atoms with Gasteiger partial charge in [0.2, 0.25) is 0 Å². The van der Waals surface area contributed by atoms with E-state index in [0.717, 1.165) is 38.4 Å². The first-order valence-corrected chi connectivity index (χ1v) is 8.98. The number of hydrogen-bond donors (Lipinski definition) is 1. The summed E-state index contributed by atoms with van der Waals surface area (Å²) in [4.78, 5) is 1.64. The first-order valence-electron chi connectivity index (χ1n) is 8.98. The van der Waals surface area contributed by atoms with Crippen molar-refractivity contribution in [3.63, 3.8) is 0 Å². The van der Waals surface area contributed by atoms with E-state index in [1.165, 1.54) is 11.1 Å². The number of hydrogen-bond acceptors (Lipinski definition) is 2. The summed E-state index contributed by atoms with van der Waals surface area (Å²) in [6.45, 7) is 17.4. The molecule has 1 heterocycles. The second kappa shape index (κ2) is 7.67. The van der Waals surface area contributed by atoms with Gasteiger partial charge in [-0.3, -0.25) is 0 Å². The van der Waals surface area contributed by atoms with Crippen LogP contribution < -0.4 is 9.64 Å². The van der Waals surface area contributed by atoms with Crippen LogP contribution in [0.3, 0.4) is 0 Å². The quantitative estimate of drug-likeness (QED) is 0.843. The third-order valence-electron chi connectivity index (χ3n) is 4.49. The average molecular weight is 320 g/mol. The Kier molecular flexibility index (Phi) is 6.10. The Morgan fingerprint density at radius 3 is 2.43 bits per heavy atom. The Morgan fingerprint density at radius 2 is 1.83 bits per heavy atom. The molecule has 3 nitrogen and oxygen atoms in total. The van der Waals surface area contributed by atoms with E-state index in [4.69, 9.17) is 9.47 Å². The molecule has 0 amide bonds. The summed E-state index contributed by atoms with van der Waals surface area (Å²) in [5, 5.41) is 0. The van der Waals surface area contributed by atoms with Crippen molar-refractivity contribution < 1.29 is 14.4 Å². The van der Waals surface area contributed by atoms with E-state index in [-0.39, 0.29) is 5.41 Å². The van der Waals surface area contributed by atoms with Crippen LogP contribution in [0.2, 0.25) is 0 Å². The van der Waals surface area contributed by atoms with E-state index >= 15 is 0 Å². The van der Waals surface area contributed by atoms with Crippen LogP contribution >= 0.6 is 0 Å². The van der Waals surface area contributed by atoms with Gasteiger partial charge in [-0.05, 0) is 37.8 Å². The van der Waals surface area contributed by atoms with Crippen molar-refractivity contribution in [3.8, 4) is 5.75 Å². The number of ether oxygens (including phenoxy) is 2. The van der Waals surface area contributed by atoms with E-state index in [2.05, 4.69) is 59.7 Å². The number of aryl methyl sites for hydroxylation is 1. The highest BCUT2D eigenvalue weighted by Gasteiger charge is 2.25. The van der Waals surface area contributed by atoms with Crippen molar-refractivity contribution in [1.29, 1.82) is 0 Å². The minimum Gasteiger partial charge on any atom is -0.493 e. The van der Waals surface area contributed by atoms with Crippen molar-refractivity contribution in [2.24, 2.45) is 0 Å². The summed E-state index contributed by atoms with van der Waals surface area (Å²) in [5.41, 5.74) is 2.71. The average Bonchev–Trinajstić information content (AvgIpc) is 2.42. The SMILES string of the molecule is Cc1ccc(OCCC[NH+]2C[C@@H](C)O[C@H](C)C2)c(C(C)(C)C)c1. The zero-order valence-corrected chi connectivity index (χ0v) is 15.7. The number of quaternary nitrogens is 1. The van der Waals surface area contributed by atoms with Crippen molar-refractivity contribution in [1.82, 2.24) is 0 Å². The van der Waals surface area contributed by atoms with Crippen molar-refractivity contribution in [2.75, 3.05) is 26.2 Å². The largest absolute Gasteiger partial charge is 0.493 e. The van der Waals surface area contributed by atoms with Gasteiger partial charge in [0.05, 0.1) is 13.2 Å². The predicted octanol–water partition coefficient (Wildman–Crippen LogP) is 2.75. The van der Waals surface area contributed by atoms with Gasteiger partial charge in [0.15, 0.2) is 0 Å². The third kappa shape index (κ3) is 5.50. The molecular formula is C20H34NO2+. The summed E-state index contributed by atoms with van der Waals surface area (Å²) < 4.78 is 11.9. The number of morpholine rings is 1. The molecule has 1 N–H and O–H groups in total. The van der Waals surface area contributed by atoms with Crippen LogP contribution in [0.25, 0.3) is 0 Å². The number of benzene rings is 1. The molecule has 1 aliphatic rings. The molecule has 1 fully saturated rings. The van der Waals surface area contributed by atoms with E-state index in [9.17, 15) is 0 Å². The Labute approximate surface area is 142 Å². The molecule has 0 unspecified atom stereocenters. The highest BCUT2D eigenvalue weighted by Crippen LogP contribution is 2.32. The fourth-order valence-electron chi connectivity index (χ4n) is 3.45. The summed E-state index contributed by atoms with van der Waals surface area (Å²) in [6, 6.07) is 6.52. The molecule has 1 saturated heterocycles. The van der Waals surface area contributed by atoms with Gasteiger partial charge in [-0.15, -0.1) is 0 Å². The van der Waals surface area contributed by atoms with Crippen LogP contribution in [0.5, 0.6) is 5.75 Å². The van der Waals surface area contributed by atoms with Gasteiger partial charge in [-0.25, -0.2) is 0 Å². The molecule has 0 aromatic heterocycles. The summed E-state index contributed by atoms with van der Waals surface area (Å²) >= 11 is 0. The minimum atomic E-state index is 0.113. The number of rotatable bonds is 5. The first-order chi connectivity index (χ1) is 10.8. The van der Waals surface area contributed by atoms with Crippen LogP contribution in [0.1, 0.15) is 52.2 Å². The topological polar surface area (TPSA) is 22.9 Å². The maximum Gasteiger partial charge on any atom is 0.123 e. The molecular weight excluding hydrogens is 286 g/mol. The molecule has 0 saturated carbocycles. The van der Waals surface area contributed by atoms with Gasteiger partial charge in [0.25, 0.3) is 0 Å². The van der Waals surface area contributed by atoms with Gasteiger partial charge in [-0.2, -0.15) is 0 Å². The second-order valence-electron chi connectivity index (χ2n) is 8.12. The molecule has 0 bridgehead atoms. The smallest absolute Gasteiger partial charge is 0.123 e. The number of nitrogens with one attached hydrogen (secondary N) is 1. The molecule has 3 heteroatoms. The Morgan fingerprint density at radius 1 is 1.17 bits per heavy atom. The summed E-state index contributed by atoms with van der Waals surface area (Å²) in [5.74, 6) is 1.04. The van der Waals surface area contributed by atoms with Gasteiger partial charge in [0.1, 0.15) is 31.0 Å². The van der Waals surface area contributed by atoms with Crippen LogP contribution in [0.4, 0.5) is 0 Å². The Balaban J connectivity index is 1.85. The lowest BCUT2D eigenvalue weighted by molar-refractivity contribution is -0.915. The van der Waals surface area contributed by atoms with Crippen LogP contribution in [-0.2, 0) is 10.2 Å². The lowest BCUT2D eigenvalue weighted by atomic mass is 9.85. The molecule has 2 rings (SSSR count). The molecule has 0 spiro atoms. The van der Waals surface area contributed by atoms with E-state index in [0.29, 0.717) is 12.2 Å². The van der Waals surface area contributed by atoms with Crippen LogP contribution in [0, 0.1) is 6.92 Å². The zero-order chi connectivity index (χ0) is 17.0. The second-order valence-corrected chi connectivity index (χ2v) is 8.12. The molecule has 130 valence electrons. The summed E-state index contributed by atoms with van der Waals surface area (Å²) in [6.07, 6.45) is 1.84. The fourth-order valence-corrected chi connectivity index (χ4v) is 3.45. The summed E-state index contributed by atoms with van der Waals surface area (Å²) in [7, 11) is 0. The lowest BCUT2D eigenvalue weighted by Gasteiger charge is -2.32. The Bertz CT molecular complexity index is 497. The predicted molar refractivity (Wildman–Crippen MR) is 95.6 cm³/mol. The first kappa shape index (κ1) is 18.3. The van der Waals surface area contributed by atoms with E-state index in [1.807, 2.05) is 0 Å². The maximum absolute atomic E-state index is 6.12. The van der Waals surface area contributed by atoms with E-state index < -0.39 is 0 Å². The molecule has 1 aliphatic heterocycles. The minimum absolute atomic E-state index is 0.113. The Hall–Kier alpha value is -1.06. The molecule has 0 radical (unpaired) electrons. The normalized spacial score (nSPS) is 25.4. The standard InChI is InChI=1S/C20H33NO2/c1-15-8-9-19(18(12-15)20(4,5)6)22-11-7-10-21-13-16(2)23-17(3)14-21/h8-9,12,16-17H,7,10-11,13-14H2,1-6H3/p+1/t16-,17-/m1/s1. The zero-order valence-electron chi connectivity index (χ0n) is 15.7. The maximum atomic E-state index is 6.12. The van der Waals surface area contributed by atoms with Gasteiger partial charge in [0, 0.05) is 6.42 Å². The fraction of sp³-hybridized carbons (Fsp3) is 0.700. The highest BCUT2D eigenvalue weighted by molar-refractivity contribution is 5.41. The van der Waals surface area contributed by atoms with Gasteiger partial charge < -0.3 is 14.4 Å². The molecule has 23 heavy (non-hydrogen) atoms. The van der Waals surface area contributed by atoms with E-state index in [1.54, 1.807) is 4.90 Å². The highest BCUT2D eigenvalue weighted by atomic mass is 16.5. The molecule has 0 aliphatic carbocycles. The monoisotopic (exact) mass is 320 g/mol. The lowest BCUT2D eigenvalue weighted by Crippen LogP contribution is -3.15. The molecule has 1 aromatic carbocycles. The third-order valence-corrected chi connectivity index (χ3v) is 4.49.